The van der Waals surface area contributed by atoms with Gasteiger partial charge in [0.05, 0.1) is 5.92 Å². The predicted octanol–water partition coefficient (Wildman–Crippen LogP) is 0.288. The number of hydrogen-bond acceptors (Lipinski definition) is 4. The molecule has 0 aromatic carbocycles. The first-order chi connectivity index (χ1) is 6.75. The highest BCUT2D eigenvalue weighted by Gasteiger charge is 2.24. The zero-order valence-corrected chi connectivity index (χ0v) is 8.08. The van der Waals surface area contributed by atoms with E-state index < -0.39 is 0 Å². The summed E-state index contributed by atoms with van der Waals surface area (Å²) < 4.78 is 0. The lowest BCUT2D eigenvalue weighted by molar-refractivity contribution is -0.121. The SMILES string of the molecule is O=C(Nc1ccc(Cl)nn1)C1CNC1. The molecule has 1 saturated heterocycles. The summed E-state index contributed by atoms with van der Waals surface area (Å²) >= 11 is 5.55. The van der Waals surface area contributed by atoms with Gasteiger partial charge >= 0.3 is 0 Å². The molecule has 0 unspecified atom stereocenters. The average Bonchev–Trinajstić information content (AvgIpc) is 2.06. The van der Waals surface area contributed by atoms with E-state index in [0.29, 0.717) is 11.0 Å². The maximum Gasteiger partial charge on any atom is 0.231 e. The number of rotatable bonds is 2. The normalized spacial score (nSPS) is 16.1. The molecule has 74 valence electrons. The van der Waals surface area contributed by atoms with Gasteiger partial charge in [-0.1, -0.05) is 11.6 Å². The molecule has 1 aromatic rings. The first kappa shape index (κ1) is 9.36. The van der Waals surface area contributed by atoms with Crippen LogP contribution in [0.5, 0.6) is 0 Å². The third-order valence-corrected chi connectivity index (χ3v) is 2.24. The zero-order chi connectivity index (χ0) is 9.97. The second kappa shape index (κ2) is 3.89. The summed E-state index contributed by atoms with van der Waals surface area (Å²) in [5, 5.41) is 13.3. The number of halogens is 1. The van der Waals surface area contributed by atoms with Crippen molar-refractivity contribution in [2.45, 2.75) is 0 Å². The van der Waals surface area contributed by atoms with Crippen LogP contribution >= 0.6 is 11.6 Å². The fourth-order valence-electron chi connectivity index (χ4n) is 1.09. The summed E-state index contributed by atoms with van der Waals surface area (Å²) in [7, 11) is 0. The van der Waals surface area contributed by atoms with E-state index in [1.807, 2.05) is 0 Å². The van der Waals surface area contributed by atoms with Gasteiger partial charge < -0.3 is 10.6 Å². The Morgan fingerprint density at radius 1 is 1.50 bits per heavy atom. The second-order valence-electron chi connectivity index (χ2n) is 3.09. The van der Waals surface area contributed by atoms with Crippen LogP contribution in [0.15, 0.2) is 12.1 Å². The van der Waals surface area contributed by atoms with Gasteiger partial charge in [0.15, 0.2) is 11.0 Å². The minimum Gasteiger partial charge on any atom is -0.315 e. The van der Waals surface area contributed by atoms with Crippen LogP contribution in [0.1, 0.15) is 0 Å². The summed E-state index contributed by atoms with van der Waals surface area (Å²) in [4.78, 5) is 11.4. The Labute approximate surface area is 85.9 Å². The number of anilines is 1. The predicted molar refractivity (Wildman–Crippen MR) is 52.0 cm³/mol. The van der Waals surface area contributed by atoms with Gasteiger partial charge in [-0.15, -0.1) is 10.2 Å². The molecule has 6 heteroatoms. The van der Waals surface area contributed by atoms with Crippen LogP contribution in [0.2, 0.25) is 5.15 Å². The highest BCUT2D eigenvalue weighted by molar-refractivity contribution is 6.29. The van der Waals surface area contributed by atoms with E-state index in [9.17, 15) is 4.79 Å². The van der Waals surface area contributed by atoms with Crippen molar-refractivity contribution in [2.24, 2.45) is 5.92 Å². The average molecular weight is 213 g/mol. The van der Waals surface area contributed by atoms with Crippen molar-refractivity contribution in [2.75, 3.05) is 18.4 Å². The zero-order valence-electron chi connectivity index (χ0n) is 7.33. The maximum atomic E-state index is 11.4. The van der Waals surface area contributed by atoms with E-state index in [4.69, 9.17) is 11.6 Å². The fraction of sp³-hybridized carbons (Fsp3) is 0.375. The lowest BCUT2D eigenvalue weighted by Crippen LogP contribution is -2.48. The summed E-state index contributed by atoms with van der Waals surface area (Å²) in [5.74, 6) is 0.458. The molecular weight excluding hydrogens is 204 g/mol. The summed E-state index contributed by atoms with van der Waals surface area (Å²) in [6, 6.07) is 3.21. The Morgan fingerprint density at radius 3 is 2.79 bits per heavy atom. The quantitative estimate of drug-likeness (QED) is 0.740. The third kappa shape index (κ3) is 2.00. The van der Waals surface area contributed by atoms with Crippen molar-refractivity contribution in [3.63, 3.8) is 0 Å². The second-order valence-corrected chi connectivity index (χ2v) is 3.47. The molecule has 0 radical (unpaired) electrons. The number of hydrogen-bond donors (Lipinski definition) is 2. The third-order valence-electron chi connectivity index (χ3n) is 2.04. The molecule has 0 saturated carbocycles. The molecule has 14 heavy (non-hydrogen) atoms. The van der Waals surface area contributed by atoms with Crippen LogP contribution in [0.3, 0.4) is 0 Å². The Bertz CT molecular complexity index is 336. The van der Waals surface area contributed by atoms with Gasteiger partial charge in [0, 0.05) is 13.1 Å². The standard InChI is InChI=1S/C8H9ClN4O/c9-6-1-2-7(13-12-6)11-8(14)5-3-10-4-5/h1-2,5,10H,3-4H2,(H,11,13,14). The molecule has 0 bridgehead atoms. The molecule has 2 N–H and O–H groups in total. The molecule has 1 fully saturated rings. The molecule has 2 rings (SSSR count). The van der Waals surface area contributed by atoms with E-state index in [-0.39, 0.29) is 11.8 Å². The summed E-state index contributed by atoms with van der Waals surface area (Å²) in [5.41, 5.74) is 0. The molecule has 0 spiro atoms. The van der Waals surface area contributed by atoms with Gasteiger partial charge in [0.1, 0.15) is 0 Å². The van der Waals surface area contributed by atoms with E-state index in [2.05, 4.69) is 20.8 Å². The lowest BCUT2D eigenvalue weighted by atomic mass is 10.0. The molecule has 1 amide bonds. The minimum atomic E-state index is -0.0274. The molecule has 1 aliphatic heterocycles. The van der Waals surface area contributed by atoms with Gasteiger partial charge in [-0.25, -0.2) is 0 Å². The Morgan fingerprint density at radius 2 is 2.29 bits per heavy atom. The first-order valence-corrected chi connectivity index (χ1v) is 4.64. The van der Waals surface area contributed by atoms with Crippen molar-refractivity contribution in [3.8, 4) is 0 Å². The fourth-order valence-corrected chi connectivity index (χ4v) is 1.19. The minimum absolute atomic E-state index is 0.0274. The number of carbonyl (C=O) groups excluding carboxylic acids is 1. The van der Waals surface area contributed by atoms with Crippen LogP contribution in [0.25, 0.3) is 0 Å². The highest BCUT2D eigenvalue weighted by Crippen LogP contribution is 2.09. The van der Waals surface area contributed by atoms with E-state index >= 15 is 0 Å². The van der Waals surface area contributed by atoms with Gasteiger partial charge in [0.2, 0.25) is 5.91 Å². The molecule has 0 aliphatic carbocycles. The van der Waals surface area contributed by atoms with Crippen molar-refractivity contribution in [1.29, 1.82) is 0 Å². The first-order valence-electron chi connectivity index (χ1n) is 4.26. The van der Waals surface area contributed by atoms with Gasteiger partial charge in [-0.05, 0) is 12.1 Å². The smallest absolute Gasteiger partial charge is 0.231 e. The molecule has 0 atom stereocenters. The lowest BCUT2D eigenvalue weighted by Gasteiger charge is -2.25. The number of nitrogens with zero attached hydrogens (tertiary/aromatic N) is 2. The number of nitrogens with one attached hydrogen (secondary N) is 2. The van der Waals surface area contributed by atoms with Crippen LogP contribution in [0, 0.1) is 5.92 Å². The van der Waals surface area contributed by atoms with Crippen LogP contribution in [0.4, 0.5) is 5.82 Å². The molecule has 5 nitrogen and oxygen atoms in total. The number of aromatic nitrogens is 2. The van der Waals surface area contributed by atoms with Gasteiger partial charge in [0.25, 0.3) is 0 Å². The van der Waals surface area contributed by atoms with Crippen molar-refractivity contribution in [1.82, 2.24) is 15.5 Å². The van der Waals surface area contributed by atoms with E-state index in [1.165, 1.54) is 0 Å². The molecular formula is C8H9ClN4O. The van der Waals surface area contributed by atoms with Gasteiger partial charge in [-0.2, -0.15) is 0 Å². The topological polar surface area (TPSA) is 66.9 Å². The molecule has 2 heterocycles. The Balaban J connectivity index is 1.96. The Kier molecular flexibility index (Phi) is 2.60. The summed E-state index contributed by atoms with van der Waals surface area (Å²) in [6.07, 6.45) is 0. The largest absolute Gasteiger partial charge is 0.315 e. The van der Waals surface area contributed by atoms with Crippen LogP contribution in [-0.2, 0) is 4.79 Å². The summed E-state index contributed by atoms with van der Waals surface area (Å²) in [6.45, 7) is 1.46. The number of carbonyl (C=O) groups is 1. The molecule has 1 aromatic heterocycles. The van der Waals surface area contributed by atoms with E-state index in [1.54, 1.807) is 12.1 Å². The number of amides is 1. The van der Waals surface area contributed by atoms with Crippen molar-refractivity contribution in [3.05, 3.63) is 17.3 Å². The highest BCUT2D eigenvalue weighted by atomic mass is 35.5. The Hall–Kier alpha value is -1.20. The van der Waals surface area contributed by atoms with Gasteiger partial charge in [-0.3, -0.25) is 4.79 Å². The van der Waals surface area contributed by atoms with Crippen LogP contribution < -0.4 is 10.6 Å². The monoisotopic (exact) mass is 212 g/mol. The molecule has 1 aliphatic rings. The van der Waals surface area contributed by atoms with E-state index in [0.717, 1.165) is 13.1 Å². The van der Waals surface area contributed by atoms with Crippen LogP contribution in [-0.4, -0.2) is 29.2 Å². The maximum absolute atomic E-state index is 11.4. The van der Waals surface area contributed by atoms with Crippen molar-refractivity contribution >= 4 is 23.3 Å². The van der Waals surface area contributed by atoms with Crippen molar-refractivity contribution < 1.29 is 4.79 Å².